The van der Waals surface area contributed by atoms with Crippen LogP contribution in [0.4, 0.5) is 0 Å². The quantitative estimate of drug-likeness (QED) is 0.612. The second-order valence-electron chi connectivity index (χ2n) is 5.89. The zero-order chi connectivity index (χ0) is 19.6. The van der Waals surface area contributed by atoms with E-state index in [2.05, 4.69) is 4.98 Å². The van der Waals surface area contributed by atoms with Gasteiger partial charge in [-0.15, -0.1) is 0 Å². The molecule has 0 atom stereocenters. The number of aromatic nitrogens is 1. The minimum atomic E-state index is -0.716. The van der Waals surface area contributed by atoms with Gasteiger partial charge in [-0.2, -0.15) is 0 Å². The molecular formula is C19H19NO7. The van der Waals surface area contributed by atoms with Gasteiger partial charge in [0.15, 0.2) is 23.9 Å². The van der Waals surface area contributed by atoms with Crippen LogP contribution in [0, 0.1) is 6.92 Å². The van der Waals surface area contributed by atoms with Gasteiger partial charge in [0.05, 0.1) is 12.7 Å². The third-order valence-electron chi connectivity index (χ3n) is 4.30. The van der Waals surface area contributed by atoms with E-state index in [0.717, 1.165) is 0 Å². The molecule has 2 aromatic rings. The lowest BCUT2D eigenvalue weighted by molar-refractivity contribution is 0.0468. The number of ether oxygens (including phenoxy) is 4. The number of aromatic amines is 1. The summed E-state index contributed by atoms with van der Waals surface area (Å²) in [6.07, 6.45) is 0.509. The van der Waals surface area contributed by atoms with Gasteiger partial charge in [-0.1, -0.05) is 6.92 Å². The van der Waals surface area contributed by atoms with E-state index in [1.165, 1.54) is 7.11 Å². The van der Waals surface area contributed by atoms with Gasteiger partial charge in [0, 0.05) is 11.3 Å². The van der Waals surface area contributed by atoms with Crippen LogP contribution in [0.2, 0.25) is 0 Å². The maximum absolute atomic E-state index is 12.4. The van der Waals surface area contributed by atoms with E-state index >= 15 is 0 Å². The van der Waals surface area contributed by atoms with Crippen LogP contribution in [0.25, 0.3) is 0 Å². The van der Waals surface area contributed by atoms with Crippen molar-refractivity contribution in [3.8, 4) is 11.5 Å². The molecule has 0 unspecified atom stereocenters. The van der Waals surface area contributed by atoms with E-state index in [1.54, 1.807) is 25.1 Å². The smallest absolute Gasteiger partial charge is 0.355 e. The van der Waals surface area contributed by atoms with Crippen molar-refractivity contribution in [2.75, 3.05) is 20.5 Å². The molecule has 8 nitrogen and oxygen atoms in total. The number of benzene rings is 1. The van der Waals surface area contributed by atoms with E-state index in [1.807, 2.05) is 6.92 Å². The molecule has 1 aliphatic rings. The van der Waals surface area contributed by atoms with Gasteiger partial charge in [0.2, 0.25) is 6.79 Å². The van der Waals surface area contributed by atoms with Crippen molar-refractivity contribution >= 4 is 17.7 Å². The molecule has 8 heteroatoms. The highest BCUT2D eigenvalue weighted by molar-refractivity contribution is 6.01. The number of aryl methyl sites for hydroxylation is 1. The van der Waals surface area contributed by atoms with Crippen molar-refractivity contribution in [1.29, 1.82) is 0 Å². The number of ketones is 1. The largest absolute Gasteiger partial charge is 0.465 e. The maximum Gasteiger partial charge on any atom is 0.355 e. The highest BCUT2D eigenvalue weighted by Crippen LogP contribution is 2.32. The van der Waals surface area contributed by atoms with Gasteiger partial charge >= 0.3 is 11.9 Å². The molecule has 3 rings (SSSR count). The Morgan fingerprint density at radius 3 is 2.59 bits per heavy atom. The highest BCUT2D eigenvalue weighted by Gasteiger charge is 2.25. The molecule has 0 spiro atoms. The zero-order valence-electron chi connectivity index (χ0n) is 15.2. The first-order valence-electron chi connectivity index (χ1n) is 8.36. The van der Waals surface area contributed by atoms with Gasteiger partial charge in [-0.3, -0.25) is 4.79 Å². The minimum absolute atomic E-state index is 0.107. The second-order valence-corrected chi connectivity index (χ2v) is 5.89. The maximum atomic E-state index is 12.4. The summed E-state index contributed by atoms with van der Waals surface area (Å²) in [5.74, 6) is -0.590. The number of Topliss-reactive ketones (excluding diaryl/α,β-unsaturated/α-hetero) is 1. The molecule has 0 fully saturated rings. The molecule has 142 valence electrons. The number of rotatable bonds is 6. The number of carbonyl (C=O) groups excluding carboxylic acids is 3. The average molecular weight is 373 g/mol. The molecule has 27 heavy (non-hydrogen) atoms. The Balaban J connectivity index is 1.71. The molecule has 1 aromatic carbocycles. The van der Waals surface area contributed by atoms with Crippen molar-refractivity contribution in [3.05, 3.63) is 46.3 Å². The normalized spacial score (nSPS) is 12.0. The number of H-pyrrole nitrogens is 1. The van der Waals surface area contributed by atoms with E-state index < -0.39 is 18.5 Å². The monoisotopic (exact) mass is 373 g/mol. The van der Waals surface area contributed by atoms with Crippen LogP contribution in [-0.4, -0.2) is 43.2 Å². The first-order valence-corrected chi connectivity index (χ1v) is 8.36. The van der Waals surface area contributed by atoms with Crippen molar-refractivity contribution in [2.24, 2.45) is 0 Å². The van der Waals surface area contributed by atoms with Crippen LogP contribution in [0.3, 0.4) is 0 Å². The number of hydrogen-bond donors (Lipinski definition) is 1. The topological polar surface area (TPSA) is 104 Å². The highest BCUT2D eigenvalue weighted by atomic mass is 16.7. The number of methoxy groups -OCH3 is 1. The Morgan fingerprint density at radius 2 is 1.89 bits per heavy atom. The molecule has 0 radical (unpaired) electrons. The lowest BCUT2D eigenvalue weighted by atomic mass is 10.1. The standard InChI is InChI=1S/C19H19NO7/c1-4-12-16(18(22)24-3)10(2)17(20-12)19(23)25-8-13(21)11-5-6-14-15(7-11)27-9-26-14/h5-7,20H,4,8-9H2,1-3H3. The average Bonchev–Trinajstić information content (AvgIpc) is 3.28. The van der Waals surface area contributed by atoms with Crippen LogP contribution in [0.5, 0.6) is 11.5 Å². The van der Waals surface area contributed by atoms with E-state index in [-0.39, 0.29) is 18.3 Å². The fourth-order valence-corrected chi connectivity index (χ4v) is 2.86. The summed E-state index contributed by atoms with van der Waals surface area (Å²) in [4.78, 5) is 39.5. The van der Waals surface area contributed by atoms with Crippen molar-refractivity contribution < 1.29 is 33.3 Å². The predicted molar refractivity (Wildman–Crippen MR) is 93.4 cm³/mol. The Hall–Kier alpha value is -3.29. The summed E-state index contributed by atoms with van der Waals surface area (Å²) >= 11 is 0. The third-order valence-corrected chi connectivity index (χ3v) is 4.30. The fourth-order valence-electron chi connectivity index (χ4n) is 2.86. The fraction of sp³-hybridized carbons (Fsp3) is 0.316. The van der Waals surface area contributed by atoms with Crippen molar-refractivity contribution in [3.63, 3.8) is 0 Å². The van der Waals surface area contributed by atoms with Crippen LogP contribution < -0.4 is 9.47 Å². The van der Waals surface area contributed by atoms with Crippen LogP contribution >= 0.6 is 0 Å². The number of esters is 2. The summed E-state index contributed by atoms with van der Waals surface area (Å²) in [6, 6.07) is 4.75. The summed E-state index contributed by atoms with van der Waals surface area (Å²) in [6.45, 7) is 3.14. The Labute approximate surface area is 155 Å². The minimum Gasteiger partial charge on any atom is -0.465 e. The zero-order valence-corrected chi connectivity index (χ0v) is 15.2. The van der Waals surface area contributed by atoms with Gasteiger partial charge in [-0.25, -0.2) is 9.59 Å². The molecular weight excluding hydrogens is 354 g/mol. The molecule has 1 aliphatic heterocycles. The van der Waals surface area contributed by atoms with Gasteiger partial charge < -0.3 is 23.9 Å². The van der Waals surface area contributed by atoms with Crippen LogP contribution in [0.1, 0.15) is 49.4 Å². The van der Waals surface area contributed by atoms with Crippen molar-refractivity contribution in [1.82, 2.24) is 4.98 Å². The van der Waals surface area contributed by atoms with E-state index in [4.69, 9.17) is 18.9 Å². The number of hydrogen-bond acceptors (Lipinski definition) is 7. The molecule has 0 saturated heterocycles. The van der Waals surface area contributed by atoms with E-state index in [0.29, 0.717) is 40.3 Å². The summed E-state index contributed by atoms with van der Waals surface area (Å²) in [7, 11) is 1.27. The third kappa shape index (κ3) is 3.51. The second kappa shape index (κ2) is 7.53. The van der Waals surface area contributed by atoms with Gasteiger partial charge in [0.25, 0.3) is 0 Å². The first-order chi connectivity index (χ1) is 13.0. The lowest BCUT2D eigenvalue weighted by Gasteiger charge is -2.05. The molecule has 1 aromatic heterocycles. The van der Waals surface area contributed by atoms with Gasteiger partial charge in [-0.05, 0) is 37.1 Å². The molecule has 0 saturated carbocycles. The van der Waals surface area contributed by atoms with Gasteiger partial charge in [0.1, 0.15) is 5.69 Å². The van der Waals surface area contributed by atoms with Crippen LogP contribution in [-0.2, 0) is 15.9 Å². The van der Waals surface area contributed by atoms with E-state index in [9.17, 15) is 14.4 Å². The summed E-state index contributed by atoms with van der Waals surface area (Å²) in [5.41, 5.74) is 1.80. The first kappa shape index (κ1) is 18.5. The summed E-state index contributed by atoms with van der Waals surface area (Å²) in [5, 5.41) is 0. The Bertz CT molecular complexity index is 913. The predicted octanol–water partition coefficient (Wildman–Crippen LogP) is 2.44. The van der Waals surface area contributed by atoms with Crippen LogP contribution in [0.15, 0.2) is 18.2 Å². The molecule has 2 heterocycles. The molecule has 1 N–H and O–H groups in total. The Morgan fingerprint density at radius 1 is 1.15 bits per heavy atom. The molecule has 0 amide bonds. The lowest BCUT2D eigenvalue weighted by Crippen LogP contribution is -2.15. The number of carbonyl (C=O) groups is 3. The SMILES string of the molecule is CCc1[nH]c(C(=O)OCC(=O)c2ccc3c(c2)OCO3)c(C)c1C(=O)OC. The Kier molecular flexibility index (Phi) is 5.16. The van der Waals surface area contributed by atoms with Crippen molar-refractivity contribution in [2.45, 2.75) is 20.3 Å². The summed E-state index contributed by atoms with van der Waals surface area (Å²) < 4.78 is 20.3. The number of nitrogens with one attached hydrogen (secondary N) is 1. The molecule has 0 bridgehead atoms. The molecule has 0 aliphatic carbocycles. The number of fused-ring (bicyclic) bond motifs is 1.